The van der Waals surface area contributed by atoms with Gasteiger partial charge in [0.25, 0.3) is 0 Å². The van der Waals surface area contributed by atoms with Gasteiger partial charge < -0.3 is 16.4 Å². The van der Waals surface area contributed by atoms with Crippen molar-refractivity contribution in [2.45, 2.75) is 39.5 Å². The fourth-order valence-electron chi connectivity index (χ4n) is 0.500. The summed E-state index contributed by atoms with van der Waals surface area (Å²) in [4.78, 5) is 0. The molecule has 0 rings (SSSR count). The maximum Gasteiger partial charge on any atom is -0.0536 e. The van der Waals surface area contributed by atoms with Gasteiger partial charge in [-0.25, -0.2) is 0 Å². The molecule has 3 nitrogen and oxygen atoms in total. The average Bonchev–Trinajstić information content (AvgIpc) is 1.61. The molecule has 0 bridgehead atoms. The molecular weight excluding hydrogens is 120 g/mol. The van der Waals surface area contributed by atoms with Gasteiger partial charge in [-0.15, -0.1) is 0 Å². The average molecular weight is 140 g/mol. The van der Waals surface area contributed by atoms with E-state index in [-0.39, 0.29) is 16.4 Å². The Labute approximate surface area is 57.0 Å². The first kappa shape index (κ1) is 23.2. The second-order valence-corrected chi connectivity index (χ2v) is 1.71. The van der Waals surface area contributed by atoms with Crippen LogP contribution in [0.15, 0.2) is 0 Å². The molecule has 0 saturated carbocycles. The molecule has 0 aromatic carbocycles. The Balaban J connectivity index is -0.0000000417. The van der Waals surface area contributed by atoms with Crippen molar-refractivity contribution >= 4 is 0 Å². The highest BCUT2D eigenvalue weighted by atomic mass is 16.0. The minimum absolute atomic E-state index is 0. The second kappa shape index (κ2) is 24.8. The van der Waals surface area contributed by atoms with Gasteiger partial charge in [-0.1, -0.05) is 39.5 Å². The van der Waals surface area contributed by atoms with E-state index in [0.29, 0.717) is 0 Å². The SMILES string of the molecule is CCCCCC.O.O.O. The van der Waals surface area contributed by atoms with E-state index in [1.165, 1.54) is 25.7 Å². The summed E-state index contributed by atoms with van der Waals surface area (Å²) in [5.41, 5.74) is 0. The normalized spacial score (nSPS) is 6.00. The molecule has 0 radical (unpaired) electrons. The van der Waals surface area contributed by atoms with Gasteiger partial charge in [0.2, 0.25) is 0 Å². The Bertz CT molecular complexity index is 20.3. The lowest BCUT2D eigenvalue weighted by atomic mass is 10.2. The van der Waals surface area contributed by atoms with Gasteiger partial charge in [0.1, 0.15) is 0 Å². The monoisotopic (exact) mass is 140 g/mol. The highest BCUT2D eigenvalue weighted by molar-refractivity contribution is 4.31. The van der Waals surface area contributed by atoms with E-state index in [0.717, 1.165) is 0 Å². The quantitative estimate of drug-likeness (QED) is 0.497. The third-order valence-electron chi connectivity index (χ3n) is 0.957. The van der Waals surface area contributed by atoms with E-state index in [1.54, 1.807) is 0 Å². The minimum Gasteiger partial charge on any atom is -0.412 e. The van der Waals surface area contributed by atoms with Crippen LogP contribution >= 0.6 is 0 Å². The molecule has 0 atom stereocenters. The first-order valence-corrected chi connectivity index (χ1v) is 2.91. The van der Waals surface area contributed by atoms with Gasteiger partial charge in [0.15, 0.2) is 0 Å². The molecule has 0 heterocycles. The summed E-state index contributed by atoms with van der Waals surface area (Å²) in [7, 11) is 0. The predicted octanol–water partition coefficient (Wildman–Crippen LogP) is 0.112. The molecule has 0 aromatic heterocycles. The van der Waals surface area contributed by atoms with Crippen molar-refractivity contribution in [1.29, 1.82) is 0 Å². The molecule has 9 heavy (non-hydrogen) atoms. The fraction of sp³-hybridized carbons (Fsp3) is 1.00. The molecule has 0 aliphatic carbocycles. The van der Waals surface area contributed by atoms with Gasteiger partial charge >= 0.3 is 0 Å². The summed E-state index contributed by atoms with van der Waals surface area (Å²) in [6.07, 6.45) is 5.54. The van der Waals surface area contributed by atoms with E-state index in [1.807, 2.05) is 0 Å². The van der Waals surface area contributed by atoms with E-state index in [4.69, 9.17) is 0 Å². The van der Waals surface area contributed by atoms with Crippen LogP contribution in [-0.4, -0.2) is 16.4 Å². The maximum absolute atomic E-state index is 2.23. The van der Waals surface area contributed by atoms with Gasteiger partial charge in [0.05, 0.1) is 0 Å². The van der Waals surface area contributed by atoms with Crippen LogP contribution in [0.4, 0.5) is 0 Å². The standard InChI is InChI=1S/C6H14.3H2O/c1-3-5-6-4-2;;;/h3-6H2,1-2H3;3*1H2. The number of unbranched alkanes of at least 4 members (excludes halogenated alkanes) is 3. The van der Waals surface area contributed by atoms with Crippen molar-refractivity contribution in [3.05, 3.63) is 0 Å². The molecule has 0 unspecified atom stereocenters. The summed E-state index contributed by atoms with van der Waals surface area (Å²) in [5, 5.41) is 0. The van der Waals surface area contributed by atoms with Crippen molar-refractivity contribution in [3.63, 3.8) is 0 Å². The molecule has 62 valence electrons. The zero-order chi connectivity index (χ0) is 4.83. The first-order chi connectivity index (χ1) is 2.91. The Morgan fingerprint density at radius 3 is 1.00 bits per heavy atom. The van der Waals surface area contributed by atoms with Gasteiger partial charge in [-0.05, 0) is 0 Å². The zero-order valence-corrected chi connectivity index (χ0v) is 6.33. The third-order valence-corrected chi connectivity index (χ3v) is 0.957. The van der Waals surface area contributed by atoms with E-state index in [9.17, 15) is 0 Å². The largest absolute Gasteiger partial charge is 0.412 e. The van der Waals surface area contributed by atoms with E-state index < -0.39 is 0 Å². The Kier molecular flexibility index (Phi) is 63.7. The topological polar surface area (TPSA) is 94.5 Å². The summed E-state index contributed by atoms with van der Waals surface area (Å²) in [5.74, 6) is 0. The molecule has 6 N–H and O–H groups in total. The van der Waals surface area contributed by atoms with Crippen molar-refractivity contribution < 1.29 is 16.4 Å². The number of hydrogen-bond acceptors (Lipinski definition) is 0. The Morgan fingerprint density at radius 1 is 0.667 bits per heavy atom. The van der Waals surface area contributed by atoms with Crippen LogP contribution in [0.3, 0.4) is 0 Å². The summed E-state index contributed by atoms with van der Waals surface area (Å²) in [6, 6.07) is 0. The minimum atomic E-state index is 0. The smallest absolute Gasteiger partial charge is 0.0536 e. The third kappa shape index (κ3) is 32.8. The highest BCUT2D eigenvalue weighted by Crippen LogP contribution is 1.95. The number of hydrogen-bond donors (Lipinski definition) is 0. The maximum atomic E-state index is 2.23. The van der Waals surface area contributed by atoms with Gasteiger partial charge in [0, 0.05) is 0 Å². The first-order valence-electron chi connectivity index (χ1n) is 2.91. The Hall–Kier alpha value is -0.120. The zero-order valence-electron chi connectivity index (χ0n) is 6.33. The van der Waals surface area contributed by atoms with E-state index in [2.05, 4.69) is 13.8 Å². The van der Waals surface area contributed by atoms with Crippen LogP contribution < -0.4 is 0 Å². The molecule has 0 aliphatic rings. The second-order valence-electron chi connectivity index (χ2n) is 1.71. The summed E-state index contributed by atoms with van der Waals surface area (Å²) < 4.78 is 0. The van der Waals surface area contributed by atoms with Crippen LogP contribution in [0.25, 0.3) is 0 Å². The van der Waals surface area contributed by atoms with Crippen LogP contribution in [-0.2, 0) is 0 Å². The van der Waals surface area contributed by atoms with Gasteiger partial charge in [-0.2, -0.15) is 0 Å². The van der Waals surface area contributed by atoms with Crippen LogP contribution in [0.1, 0.15) is 39.5 Å². The lowest BCUT2D eigenvalue weighted by Gasteiger charge is -1.86. The Morgan fingerprint density at radius 2 is 0.889 bits per heavy atom. The molecule has 3 heteroatoms. The molecule has 0 saturated heterocycles. The van der Waals surface area contributed by atoms with Crippen molar-refractivity contribution in [2.24, 2.45) is 0 Å². The number of rotatable bonds is 3. The van der Waals surface area contributed by atoms with Crippen LogP contribution in [0.5, 0.6) is 0 Å². The molecule has 0 amide bonds. The molecular formula is C6H20O3. The molecule has 0 aromatic rings. The van der Waals surface area contributed by atoms with Crippen molar-refractivity contribution in [1.82, 2.24) is 0 Å². The van der Waals surface area contributed by atoms with Crippen molar-refractivity contribution in [3.8, 4) is 0 Å². The van der Waals surface area contributed by atoms with Crippen molar-refractivity contribution in [2.75, 3.05) is 0 Å². The predicted molar refractivity (Wildman–Crippen MR) is 40.7 cm³/mol. The molecule has 0 fully saturated rings. The van der Waals surface area contributed by atoms with Crippen LogP contribution in [0, 0.1) is 0 Å². The fourth-order valence-corrected chi connectivity index (χ4v) is 0.500. The lowest BCUT2D eigenvalue weighted by Crippen LogP contribution is -1.66. The molecule has 0 aliphatic heterocycles. The van der Waals surface area contributed by atoms with E-state index >= 15 is 0 Å². The summed E-state index contributed by atoms with van der Waals surface area (Å²) in [6.45, 7) is 4.46. The lowest BCUT2D eigenvalue weighted by molar-refractivity contribution is 0.702. The van der Waals surface area contributed by atoms with Crippen LogP contribution in [0.2, 0.25) is 0 Å². The molecule has 0 spiro atoms. The van der Waals surface area contributed by atoms with Gasteiger partial charge in [-0.3, -0.25) is 0 Å². The highest BCUT2D eigenvalue weighted by Gasteiger charge is 1.75. The summed E-state index contributed by atoms with van der Waals surface area (Å²) >= 11 is 0.